The van der Waals surface area contributed by atoms with Gasteiger partial charge in [-0.3, -0.25) is 9.89 Å². The molecule has 0 radical (unpaired) electrons. The van der Waals surface area contributed by atoms with Crippen LogP contribution < -0.4 is 15.4 Å². The number of nitrogens with zero attached hydrogens (tertiary/aromatic N) is 2. The molecule has 0 bridgehead atoms. The molecule has 5 nitrogen and oxygen atoms in total. The molecular weight excluding hydrogens is 368 g/mol. The summed E-state index contributed by atoms with van der Waals surface area (Å²) in [5.41, 5.74) is 1.35. The van der Waals surface area contributed by atoms with Crippen LogP contribution in [0.1, 0.15) is 28.2 Å². The van der Waals surface area contributed by atoms with E-state index in [1.54, 1.807) is 7.11 Å². The third kappa shape index (κ3) is 6.24. The van der Waals surface area contributed by atoms with Crippen LogP contribution in [0.2, 0.25) is 0 Å². The minimum absolute atomic E-state index is 0.703. The Bertz CT molecular complexity index is 748. The first-order valence-corrected chi connectivity index (χ1v) is 10.8. The lowest BCUT2D eigenvalue weighted by Gasteiger charge is -2.32. The van der Waals surface area contributed by atoms with Gasteiger partial charge in [-0.15, -0.1) is 11.3 Å². The minimum atomic E-state index is 0.703. The Hall–Kier alpha value is -2.05. The second-order valence-corrected chi connectivity index (χ2v) is 8.76. The van der Waals surface area contributed by atoms with Gasteiger partial charge in [-0.25, -0.2) is 0 Å². The van der Waals surface area contributed by atoms with Crippen LogP contribution >= 0.6 is 11.3 Å². The summed E-state index contributed by atoms with van der Waals surface area (Å²) in [5, 5.41) is 6.92. The van der Waals surface area contributed by atoms with Crippen molar-refractivity contribution in [1.29, 1.82) is 0 Å². The second-order valence-electron chi connectivity index (χ2n) is 7.39. The van der Waals surface area contributed by atoms with Gasteiger partial charge in [0.15, 0.2) is 5.96 Å². The van der Waals surface area contributed by atoms with Gasteiger partial charge in [0, 0.05) is 29.9 Å². The molecule has 0 saturated carbocycles. The van der Waals surface area contributed by atoms with Crippen molar-refractivity contribution in [2.45, 2.75) is 32.9 Å². The molecule has 1 aromatic heterocycles. The number of hydrogen-bond acceptors (Lipinski definition) is 4. The number of nitrogens with one attached hydrogen (secondary N) is 2. The fourth-order valence-electron chi connectivity index (χ4n) is 3.55. The summed E-state index contributed by atoms with van der Waals surface area (Å²) < 4.78 is 5.24. The fraction of sp³-hybridized carbons (Fsp3) is 0.500. The Morgan fingerprint density at radius 3 is 2.50 bits per heavy atom. The molecular formula is C22H32N4OS. The highest BCUT2D eigenvalue weighted by Gasteiger charge is 2.19. The van der Waals surface area contributed by atoms with E-state index < -0.39 is 0 Å². The monoisotopic (exact) mass is 400 g/mol. The number of piperidine rings is 1. The van der Waals surface area contributed by atoms with Gasteiger partial charge in [0.1, 0.15) is 5.75 Å². The van der Waals surface area contributed by atoms with E-state index in [1.807, 2.05) is 30.5 Å². The molecule has 2 N–H and O–H groups in total. The van der Waals surface area contributed by atoms with Crippen molar-refractivity contribution in [2.75, 3.05) is 33.8 Å². The van der Waals surface area contributed by atoms with Crippen molar-refractivity contribution < 1.29 is 4.74 Å². The van der Waals surface area contributed by atoms with Crippen molar-refractivity contribution in [2.24, 2.45) is 10.9 Å². The molecule has 152 valence electrons. The molecule has 3 rings (SSSR count). The van der Waals surface area contributed by atoms with Gasteiger partial charge in [0.05, 0.1) is 13.7 Å². The summed E-state index contributed by atoms with van der Waals surface area (Å²) in [4.78, 5) is 9.59. The number of hydrogen-bond donors (Lipinski definition) is 2. The van der Waals surface area contributed by atoms with Crippen LogP contribution in [0.4, 0.5) is 0 Å². The first kappa shape index (κ1) is 20.7. The molecule has 1 fully saturated rings. The lowest BCUT2D eigenvalue weighted by atomic mass is 9.96. The highest BCUT2D eigenvalue weighted by Crippen LogP contribution is 2.20. The van der Waals surface area contributed by atoms with Gasteiger partial charge < -0.3 is 15.4 Å². The van der Waals surface area contributed by atoms with Crippen molar-refractivity contribution in [3.8, 4) is 5.75 Å². The summed E-state index contributed by atoms with van der Waals surface area (Å²) in [6.45, 7) is 7.28. The zero-order chi connectivity index (χ0) is 19.8. The van der Waals surface area contributed by atoms with Gasteiger partial charge in [0.25, 0.3) is 0 Å². The van der Waals surface area contributed by atoms with Crippen molar-refractivity contribution in [3.05, 3.63) is 51.7 Å². The second kappa shape index (κ2) is 10.5. The van der Waals surface area contributed by atoms with E-state index in [1.165, 1.54) is 28.2 Å². The summed E-state index contributed by atoms with van der Waals surface area (Å²) in [6.07, 6.45) is 2.45. The molecule has 0 spiro atoms. The molecule has 2 heterocycles. The number of benzene rings is 1. The van der Waals surface area contributed by atoms with Crippen LogP contribution in [0.25, 0.3) is 0 Å². The van der Waals surface area contributed by atoms with Gasteiger partial charge in [0.2, 0.25) is 0 Å². The summed E-state index contributed by atoms with van der Waals surface area (Å²) >= 11 is 1.83. The maximum Gasteiger partial charge on any atom is 0.191 e. The Labute approximate surface area is 172 Å². The number of rotatable bonds is 7. The molecule has 0 aliphatic carbocycles. The normalized spacial score (nSPS) is 16.2. The van der Waals surface area contributed by atoms with Gasteiger partial charge in [-0.05, 0) is 68.6 Å². The van der Waals surface area contributed by atoms with Crippen LogP contribution in [-0.4, -0.2) is 44.7 Å². The van der Waals surface area contributed by atoms with Crippen LogP contribution in [-0.2, 0) is 13.1 Å². The third-order valence-corrected chi connectivity index (χ3v) is 6.28. The lowest BCUT2D eigenvalue weighted by Crippen LogP contribution is -2.42. The topological polar surface area (TPSA) is 48.9 Å². The summed E-state index contributed by atoms with van der Waals surface area (Å²) in [6, 6.07) is 12.8. The van der Waals surface area contributed by atoms with Crippen LogP contribution in [0.3, 0.4) is 0 Å². The zero-order valence-corrected chi connectivity index (χ0v) is 18.0. The summed E-state index contributed by atoms with van der Waals surface area (Å²) in [5.74, 6) is 2.52. The molecule has 1 aliphatic heterocycles. The van der Waals surface area contributed by atoms with Gasteiger partial charge in [-0.2, -0.15) is 0 Å². The van der Waals surface area contributed by atoms with Crippen molar-refractivity contribution in [1.82, 2.24) is 15.5 Å². The van der Waals surface area contributed by atoms with E-state index in [2.05, 4.69) is 51.7 Å². The summed E-state index contributed by atoms with van der Waals surface area (Å²) in [7, 11) is 3.55. The van der Waals surface area contributed by atoms with Crippen LogP contribution in [0.5, 0.6) is 5.75 Å². The number of aryl methyl sites for hydroxylation is 1. The molecule has 0 atom stereocenters. The molecule has 1 aliphatic rings. The van der Waals surface area contributed by atoms with Crippen molar-refractivity contribution in [3.63, 3.8) is 0 Å². The Morgan fingerprint density at radius 2 is 1.89 bits per heavy atom. The Balaban J connectivity index is 1.36. The van der Waals surface area contributed by atoms with E-state index in [4.69, 9.17) is 4.74 Å². The van der Waals surface area contributed by atoms with Crippen molar-refractivity contribution >= 4 is 17.3 Å². The predicted molar refractivity (Wildman–Crippen MR) is 118 cm³/mol. The first-order chi connectivity index (χ1) is 13.7. The average molecular weight is 401 g/mol. The maximum absolute atomic E-state index is 5.24. The SMILES string of the molecule is CN=C(NCc1ccc(C)s1)NCC1CCN(Cc2ccc(OC)cc2)CC1. The number of ether oxygens (including phenoxy) is 1. The number of methoxy groups -OCH3 is 1. The molecule has 0 unspecified atom stereocenters. The third-order valence-electron chi connectivity index (χ3n) is 5.28. The zero-order valence-electron chi connectivity index (χ0n) is 17.2. The highest BCUT2D eigenvalue weighted by atomic mass is 32.1. The Morgan fingerprint density at radius 1 is 1.14 bits per heavy atom. The molecule has 28 heavy (non-hydrogen) atoms. The molecule has 2 aromatic rings. The number of aliphatic imine (C=N–C) groups is 1. The van der Waals surface area contributed by atoms with E-state index in [0.29, 0.717) is 5.92 Å². The van der Waals surface area contributed by atoms with E-state index >= 15 is 0 Å². The highest BCUT2D eigenvalue weighted by molar-refractivity contribution is 7.11. The molecule has 6 heteroatoms. The number of likely N-dealkylation sites (tertiary alicyclic amines) is 1. The van der Waals surface area contributed by atoms with E-state index in [-0.39, 0.29) is 0 Å². The average Bonchev–Trinajstić information content (AvgIpc) is 3.15. The quantitative estimate of drug-likeness (QED) is 0.550. The molecule has 1 aromatic carbocycles. The molecule has 0 amide bonds. The fourth-order valence-corrected chi connectivity index (χ4v) is 4.38. The van der Waals surface area contributed by atoms with Gasteiger partial charge in [-0.1, -0.05) is 12.1 Å². The van der Waals surface area contributed by atoms with Crippen LogP contribution in [0, 0.1) is 12.8 Å². The largest absolute Gasteiger partial charge is 0.497 e. The van der Waals surface area contributed by atoms with Gasteiger partial charge >= 0.3 is 0 Å². The number of thiophene rings is 1. The van der Waals surface area contributed by atoms with E-state index in [9.17, 15) is 0 Å². The van der Waals surface area contributed by atoms with Crippen LogP contribution in [0.15, 0.2) is 41.4 Å². The maximum atomic E-state index is 5.24. The van der Waals surface area contributed by atoms with E-state index in [0.717, 1.165) is 44.4 Å². The molecule has 1 saturated heterocycles. The standard InChI is InChI=1S/C22H32N4OS/c1-17-4-9-21(28-17)15-25-22(23-2)24-14-18-10-12-26(13-11-18)16-19-5-7-20(27-3)8-6-19/h4-9,18H,10-16H2,1-3H3,(H2,23,24,25). The minimum Gasteiger partial charge on any atom is -0.497 e. The smallest absolute Gasteiger partial charge is 0.191 e. The Kier molecular flexibility index (Phi) is 7.74. The predicted octanol–water partition coefficient (Wildman–Crippen LogP) is 3.64. The lowest BCUT2D eigenvalue weighted by molar-refractivity contribution is 0.178. The number of guanidine groups is 1. The first-order valence-electron chi connectivity index (χ1n) is 10.0.